The molecule has 0 aromatic carbocycles. The average molecular weight is 596 g/mol. The first kappa shape index (κ1) is 28.8. The summed E-state index contributed by atoms with van der Waals surface area (Å²) >= 11 is 0. The molecular formula is C25H23F6N9O2. The van der Waals surface area contributed by atoms with Crippen LogP contribution in [0.3, 0.4) is 0 Å². The Morgan fingerprint density at radius 1 is 1.02 bits per heavy atom. The molecule has 5 heterocycles. The Morgan fingerprint density at radius 2 is 1.71 bits per heavy atom. The predicted molar refractivity (Wildman–Crippen MR) is 138 cm³/mol. The average Bonchev–Trinajstić information content (AvgIpc) is 3.30. The molecule has 4 aromatic rings. The number of aromatic nitrogens is 6. The normalized spacial score (nSPS) is 15.2. The molecule has 1 amide bonds. The van der Waals surface area contributed by atoms with Gasteiger partial charge in [-0.2, -0.15) is 31.4 Å². The van der Waals surface area contributed by atoms with Gasteiger partial charge in [0.05, 0.1) is 34.7 Å². The van der Waals surface area contributed by atoms with Crippen LogP contribution in [0.25, 0.3) is 10.9 Å². The van der Waals surface area contributed by atoms with Gasteiger partial charge in [0, 0.05) is 68.9 Å². The molecule has 1 atom stereocenters. The van der Waals surface area contributed by atoms with Gasteiger partial charge in [0.2, 0.25) is 5.95 Å². The van der Waals surface area contributed by atoms with E-state index in [9.17, 15) is 35.9 Å². The number of aromatic amines is 1. The van der Waals surface area contributed by atoms with Crippen molar-refractivity contribution < 1.29 is 31.1 Å². The van der Waals surface area contributed by atoms with Crippen LogP contribution in [-0.2, 0) is 18.9 Å². The fourth-order valence-electron chi connectivity index (χ4n) is 4.77. The number of anilines is 2. The molecule has 222 valence electrons. The van der Waals surface area contributed by atoms with Crippen LogP contribution < -0.4 is 15.8 Å². The first-order chi connectivity index (χ1) is 19.8. The van der Waals surface area contributed by atoms with E-state index in [2.05, 4.69) is 25.4 Å². The van der Waals surface area contributed by atoms with Gasteiger partial charge in [-0.1, -0.05) is 0 Å². The van der Waals surface area contributed by atoms with Crippen molar-refractivity contribution in [2.24, 2.45) is 0 Å². The molecule has 17 heteroatoms. The Labute approximate surface area is 233 Å². The second-order valence-electron chi connectivity index (χ2n) is 9.67. The van der Waals surface area contributed by atoms with Gasteiger partial charge in [-0.05, 0) is 13.0 Å². The minimum atomic E-state index is -4.90. The summed E-state index contributed by atoms with van der Waals surface area (Å²) in [5, 5.41) is 8.52. The highest BCUT2D eigenvalue weighted by Crippen LogP contribution is 2.32. The zero-order valence-corrected chi connectivity index (χ0v) is 21.9. The highest BCUT2D eigenvalue weighted by molar-refractivity contribution is 6.06. The predicted octanol–water partition coefficient (Wildman–Crippen LogP) is 3.41. The second-order valence-corrected chi connectivity index (χ2v) is 9.67. The quantitative estimate of drug-likeness (QED) is 0.325. The summed E-state index contributed by atoms with van der Waals surface area (Å²) in [6, 6.07) is 1.03. The molecule has 5 rings (SSSR count). The monoisotopic (exact) mass is 595 g/mol. The number of carbonyl (C=O) groups excluding carboxylic acids is 1. The summed E-state index contributed by atoms with van der Waals surface area (Å²) in [7, 11) is 0. The first-order valence-corrected chi connectivity index (χ1v) is 12.6. The summed E-state index contributed by atoms with van der Waals surface area (Å²) in [5.41, 5.74) is -3.25. The molecule has 0 radical (unpaired) electrons. The van der Waals surface area contributed by atoms with Crippen molar-refractivity contribution in [2.45, 2.75) is 31.9 Å². The van der Waals surface area contributed by atoms with Crippen molar-refractivity contribution in [1.82, 2.24) is 34.6 Å². The van der Waals surface area contributed by atoms with Crippen molar-refractivity contribution in [2.75, 3.05) is 36.4 Å². The van der Waals surface area contributed by atoms with E-state index < -0.39 is 40.8 Å². The standard InChI is InChI=1S/C25H23F6N9O2/c1-14(36-18-10-35-37-21(41)20(18)25(29,30)31)12-40-13-17(16-2-3-32-11-19(16)40)22(42)38-4-6-39(7-5-38)23-33-8-15(9-34-23)24(26,27)28/h2-3,8-11,13-14H,4-7,12H2,1H3,(H2,36,37,41)/t14-/m0/s1. The molecule has 0 aliphatic carbocycles. The van der Waals surface area contributed by atoms with Crippen molar-refractivity contribution >= 4 is 28.4 Å². The summed E-state index contributed by atoms with van der Waals surface area (Å²) < 4.78 is 80.5. The molecule has 0 spiro atoms. The topological polar surface area (TPSA) is 125 Å². The van der Waals surface area contributed by atoms with Crippen LogP contribution in [0.2, 0.25) is 0 Å². The Balaban J connectivity index is 1.30. The number of nitrogens with zero attached hydrogens (tertiary/aromatic N) is 7. The van der Waals surface area contributed by atoms with Crippen molar-refractivity contribution in [1.29, 1.82) is 0 Å². The number of rotatable bonds is 6. The number of hydrogen-bond acceptors (Lipinski definition) is 8. The Kier molecular flexibility index (Phi) is 7.51. The summed E-state index contributed by atoms with van der Waals surface area (Å²) in [6.45, 7) is 2.85. The molecule has 1 saturated heterocycles. The highest BCUT2D eigenvalue weighted by Gasteiger charge is 2.38. The molecule has 4 aromatic heterocycles. The van der Waals surface area contributed by atoms with E-state index in [1.807, 2.05) is 0 Å². The van der Waals surface area contributed by atoms with Crippen LogP contribution >= 0.6 is 0 Å². The number of H-pyrrole nitrogens is 1. The van der Waals surface area contributed by atoms with Crippen LogP contribution in [0.4, 0.5) is 38.0 Å². The van der Waals surface area contributed by atoms with Gasteiger partial charge >= 0.3 is 12.4 Å². The smallest absolute Gasteiger partial charge is 0.379 e. The van der Waals surface area contributed by atoms with Crippen LogP contribution in [0.5, 0.6) is 0 Å². The zero-order valence-electron chi connectivity index (χ0n) is 21.9. The maximum absolute atomic E-state index is 13.5. The fourth-order valence-corrected chi connectivity index (χ4v) is 4.77. The van der Waals surface area contributed by atoms with Crippen molar-refractivity contribution in [3.63, 3.8) is 0 Å². The van der Waals surface area contributed by atoms with E-state index in [0.717, 1.165) is 18.6 Å². The van der Waals surface area contributed by atoms with Gasteiger partial charge in [-0.25, -0.2) is 15.1 Å². The minimum Gasteiger partial charge on any atom is -0.379 e. The summed E-state index contributed by atoms with van der Waals surface area (Å²) in [6.07, 6.45) is -2.47. The fraction of sp³-hybridized carbons (Fsp3) is 0.360. The van der Waals surface area contributed by atoms with Crippen LogP contribution in [-0.4, -0.2) is 72.7 Å². The summed E-state index contributed by atoms with van der Waals surface area (Å²) in [5.74, 6) is -0.166. The molecule has 0 unspecified atom stereocenters. The Hall–Kier alpha value is -4.70. The third-order valence-electron chi connectivity index (χ3n) is 6.74. The highest BCUT2D eigenvalue weighted by atomic mass is 19.4. The van der Waals surface area contributed by atoms with Crippen LogP contribution in [0.15, 0.2) is 48.0 Å². The lowest BCUT2D eigenvalue weighted by molar-refractivity contribution is -0.139. The largest absolute Gasteiger partial charge is 0.423 e. The van der Waals surface area contributed by atoms with E-state index in [0.29, 0.717) is 29.6 Å². The maximum Gasteiger partial charge on any atom is 0.423 e. The SMILES string of the molecule is C[C@@H](Cn1cc(C(=O)N2CCN(c3ncc(C(F)(F)F)cn3)CC2)c2ccncc21)Nc1cn[nH]c(=O)c1C(F)(F)F. The lowest BCUT2D eigenvalue weighted by Gasteiger charge is -2.34. The summed E-state index contributed by atoms with van der Waals surface area (Å²) in [4.78, 5) is 40.3. The van der Waals surface area contributed by atoms with Gasteiger partial charge < -0.3 is 19.7 Å². The number of piperazine rings is 1. The third-order valence-corrected chi connectivity index (χ3v) is 6.74. The van der Waals surface area contributed by atoms with E-state index in [1.54, 1.807) is 38.7 Å². The molecule has 0 bridgehead atoms. The molecule has 1 fully saturated rings. The molecule has 0 saturated carbocycles. The zero-order chi connectivity index (χ0) is 30.2. The number of alkyl halides is 6. The lowest BCUT2D eigenvalue weighted by atomic mass is 10.1. The number of halogens is 6. The van der Waals surface area contributed by atoms with E-state index >= 15 is 0 Å². The van der Waals surface area contributed by atoms with Crippen molar-refractivity contribution in [3.8, 4) is 0 Å². The number of pyridine rings is 1. The van der Waals surface area contributed by atoms with E-state index in [1.165, 1.54) is 12.4 Å². The second kappa shape index (κ2) is 10.9. The van der Waals surface area contributed by atoms with Gasteiger partial charge in [-0.15, -0.1) is 0 Å². The maximum atomic E-state index is 13.5. The van der Waals surface area contributed by atoms with Crippen LogP contribution in [0.1, 0.15) is 28.4 Å². The minimum absolute atomic E-state index is 0.124. The Bertz CT molecular complexity index is 1640. The van der Waals surface area contributed by atoms with Gasteiger partial charge in [0.1, 0.15) is 5.56 Å². The lowest BCUT2D eigenvalue weighted by Crippen LogP contribution is -2.49. The van der Waals surface area contributed by atoms with Gasteiger partial charge in [0.25, 0.3) is 11.5 Å². The number of carbonyl (C=O) groups is 1. The first-order valence-electron chi connectivity index (χ1n) is 12.6. The van der Waals surface area contributed by atoms with Crippen molar-refractivity contribution in [3.05, 3.63) is 70.3 Å². The van der Waals surface area contributed by atoms with Gasteiger partial charge in [0.15, 0.2) is 0 Å². The molecule has 11 nitrogen and oxygen atoms in total. The number of amides is 1. The molecule has 1 aliphatic heterocycles. The molecule has 2 N–H and O–H groups in total. The Morgan fingerprint density at radius 3 is 2.36 bits per heavy atom. The third kappa shape index (κ3) is 5.84. The molecular weight excluding hydrogens is 572 g/mol. The van der Waals surface area contributed by atoms with E-state index in [4.69, 9.17) is 0 Å². The van der Waals surface area contributed by atoms with Crippen LogP contribution in [0, 0.1) is 0 Å². The number of nitrogens with one attached hydrogen (secondary N) is 2. The number of fused-ring (bicyclic) bond motifs is 1. The van der Waals surface area contributed by atoms with Gasteiger partial charge in [-0.3, -0.25) is 14.6 Å². The van der Waals surface area contributed by atoms with E-state index in [-0.39, 0.29) is 31.5 Å². The number of hydrogen-bond donors (Lipinski definition) is 2. The molecule has 42 heavy (non-hydrogen) atoms. The molecule has 1 aliphatic rings.